The standard InChI is InChI=1S/C12H17BrN2O2/c13-10-7-9(11(14)8-16)1-2-12(10)15-3-5-17-6-4-15/h1-2,7,11,16H,3-6,8,14H2/t11-/m0/s1. The van der Waals surface area contributed by atoms with Crippen molar-refractivity contribution in [3.8, 4) is 0 Å². The zero-order valence-corrected chi connectivity index (χ0v) is 11.2. The molecule has 0 saturated carbocycles. The highest BCUT2D eigenvalue weighted by Crippen LogP contribution is 2.29. The third kappa shape index (κ3) is 2.98. The summed E-state index contributed by atoms with van der Waals surface area (Å²) in [4.78, 5) is 2.28. The van der Waals surface area contributed by atoms with Crippen LogP contribution in [0.25, 0.3) is 0 Å². The number of nitrogens with zero attached hydrogens (tertiary/aromatic N) is 1. The van der Waals surface area contributed by atoms with Crippen molar-refractivity contribution in [3.63, 3.8) is 0 Å². The maximum absolute atomic E-state index is 9.03. The number of halogens is 1. The van der Waals surface area contributed by atoms with E-state index in [-0.39, 0.29) is 12.6 Å². The third-order valence-electron chi connectivity index (χ3n) is 2.95. The number of rotatable bonds is 3. The summed E-state index contributed by atoms with van der Waals surface area (Å²) in [6.45, 7) is 3.31. The van der Waals surface area contributed by atoms with Gasteiger partial charge >= 0.3 is 0 Å². The molecule has 17 heavy (non-hydrogen) atoms. The normalized spacial score (nSPS) is 18.2. The molecule has 1 aromatic carbocycles. The van der Waals surface area contributed by atoms with Crippen molar-refractivity contribution in [3.05, 3.63) is 28.2 Å². The first kappa shape index (κ1) is 12.8. The molecule has 4 nitrogen and oxygen atoms in total. The van der Waals surface area contributed by atoms with Crippen LogP contribution in [-0.2, 0) is 4.74 Å². The highest BCUT2D eigenvalue weighted by molar-refractivity contribution is 9.10. The number of anilines is 1. The lowest BCUT2D eigenvalue weighted by Gasteiger charge is -2.30. The van der Waals surface area contributed by atoms with E-state index in [1.54, 1.807) is 0 Å². The van der Waals surface area contributed by atoms with Crippen LogP contribution >= 0.6 is 15.9 Å². The van der Waals surface area contributed by atoms with Crippen molar-refractivity contribution in [1.29, 1.82) is 0 Å². The van der Waals surface area contributed by atoms with Gasteiger partial charge in [-0.1, -0.05) is 6.07 Å². The van der Waals surface area contributed by atoms with Gasteiger partial charge in [0.1, 0.15) is 0 Å². The van der Waals surface area contributed by atoms with Gasteiger partial charge < -0.3 is 20.5 Å². The Morgan fingerprint density at radius 3 is 2.71 bits per heavy atom. The van der Waals surface area contributed by atoms with E-state index in [1.807, 2.05) is 18.2 Å². The molecule has 5 heteroatoms. The largest absolute Gasteiger partial charge is 0.394 e. The van der Waals surface area contributed by atoms with Crippen LogP contribution in [0.5, 0.6) is 0 Å². The second kappa shape index (κ2) is 5.82. The lowest BCUT2D eigenvalue weighted by Crippen LogP contribution is -2.36. The average molecular weight is 301 g/mol. The molecule has 0 amide bonds. The lowest BCUT2D eigenvalue weighted by molar-refractivity contribution is 0.122. The van der Waals surface area contributed by atoms with E-state index in [9.17, 15) is 0 Å². The first-order valence-corrected chi connectivity index (χ1v) is 6.50. The molecule has 0 aromatic heterocycles. The Labute approximate surface area is 109 Å². The van der Waals surface area contributed by atoms with Crippen LogP contribution in [0.2, 0.25) is 0 Å². The van der Waals surface area contributed by atoms with Crippen molar-refractivity contribution >= 4 is 21.6 Å². The minimum Gasteiger partial charge on any atom is -0.394 e. The molecule has 3 N–H and O–H groups in total. The Balaban J connectivity index is 2.18. The molecule has 1 aliphatic heterocycles. The number of benzene rings is 1. The van der Waals surface area contributed by atoms with E-state index in [4.69, 9.17) is 15.6 Å². The number of aliphatic hydroxyl groups excluding tert-OH is 1. The summed E-state index contributed by atoms with van der Waals surface area (Å²) in [5.74, 6) is 0. The van der Waals surface area contributed by atoms with Crippen LogP contribution in [-0.4, -0.2) is 38.0 Å². The van der Waals surface area contributed by atoms with E-state index in [0.29, 0.717) is 0 Å². The van der Waals surface area contributed by atoms with Crippen molar-refractivity contribution in [2.24, 2.45) is 5.73 Å². The minimum absolute atomic E-state index is 0.0384. The zero-order chi connectivity index (χ0) is 12.3. The molecule has 94 valence electrons. The second-order valence-corrected chi connectivity index (χ2v) is 4.95. The zero-order valence-electron chi connectivity index (χ0n) is 9.60. The van der Waals surface area contributed by atoms with Crippen molar-refractivity contribution in [1.82, 2.24) is 0 Å². The van der Waals surface area contributed by atoms with E-state index >= 15 is 0 Å². The first-order valence-electron chi connectivity index (χ1n) is 5.71. The summed E-state index contributed by atoms with van der Waals surface area (Å²) in [7, 11) is 0. The highest BCUT2D eigenvalue weighted by Gasteiger charge is 2.15. The van der Waals surface area contributed by atoms with Crippen molar-refractivity contribution < 1.29 is 9.84 Å². The molecule has 1 heterocycles. The average Bonchev–Trinajstić information content (AvgIpc) is 2.38. The van der Waals surface area contributed by atoms with Crippen LogP contribution in [0.15, 0.2) is 22.7 Å². The van der Waals surface area contributed by atoms with Gasteiger partial charge in [-0.2, -0.15) is 0 Å². The van der Waals surface area contributed by atoms with Gasteiger partial charge in [0.25, 0.3) is 0 Å². The smallest absolute Gasteiger partial charge is 0.0642 e. The summed E-state index contributed by atoms with van der Waals surface area (Å²) < 4.78 is 6.35. The highest BCUT2D eigenvalue weighted by atomic mass is 79.9. The summed E-state index contributed by atoms with van der Waals surface area (Å²) in [6, 6.07) is 5.67. The molecule has 0 bridgehead atoms. The SMILES string of the molecule is N[C@@H](CO)c1ccc(N2CCOCC2)c(Br)c1. The van der Waals surface area contributed by atoms with E-state index in [0.717, 1.165) is 42.0 Å². The van der Waals surface area contributed by atoms with Gasteiger partial charge in [-0.3, -0.25) is 0 Å². The molecule has 2 rings (SSSR count). The topological polar surface area (TPSA) is 58.7 Å². The summed E-state index contributed by atoms with van der Waals surface area (Å²) >= 11 is 3.56. The minimum atomic E-state index is -0.315. The number of hydrogen-bond acceptors (Lipinski definition) is 4. The maximum Gasteiger partial charge on any atom is 0.0642 e. The van der Waals surface area contributed by atoms with E-state index < -0.39 is 0 Å². The predicted molar refractivity (Wildman–Crippen MR) is 71.2 cm³/mol. The molecule has 1 fully saturated rings. The molecule has 0 aliphatic carbocycles. The third-order valence-corrected chi connectivity index (χ3v) is 3.58. The van der Waals surface area contributed by atoms with E-state index in [2.05, 4.69) is 20.8 Å². The van der Waals surface area contributed by atoms with Crippen LogP contribution in [0, 0.1) is 0 Å². The predicted octanol–water partition coefficient (Wildman–Crippen LogP) is 1.28. The van der Waals surface area contributed by atoms with Gasteiger partial charge in [-0.05, 0) is 33.6 Å². The van der Waals surface area contributed by atoms with Gasteiger partial charge in [0.15, 0.2) is 0 Å². The lowest BCUT2D eigenvalue weighted by atomic mass is 10.1. The number of hydrogen-bond donors (Lipinski definition) is 2. The fourth-order valence-corrected chi connectivity index (χ4v) is 2.57. The van der Waals surface area contributed by atoms with Crippen molar-refractivity contribution in [2.75, 3.05) is 37.8 Å². The maximum atomic E-state index is 9.03. The second-order valence-electron chi connectivity index (χ2n) is 4.10. The Kier molecular flexibility index (Phi) is 4.39. The molecular weight excluding hydrogens is 284 g/mol. The summed E-state index contributed by atoms with van der Waals surface area (Å²) in [5, 5.41) is 9.03. The molecule has 1 saturated heterocycles. The first-order chi connectivity index (χ1) is 8.22. The van der Waals surface area contributed by atoms with Gasteiger partial charge in [0.2, 0.25) is 0 Å². The summed E-state index contributed by atoms with van der Waals surface area (Å²) in [6.07, 6.45) is 0. The van der Waals surface area contributed by atoms with Crippen molar-refractivity contribution in [2.45, 2.75) is 6.04 Å². The van der Waals surface area contributed by atoms with Crippen LogP contribution in [0.3, 0.4) is 0 Å². The molecule has 1 aromatic rings. The Hall–Kier alpha value is -0.620. The van der Waals surface area contributed by atoms with Crippen LogP contribution in [0.4, 0.5) is 5.69 Å². The quantitative estimate of drug-likeness (QED) is 0.883. The molecule has 0 radical (unpaired) electrons. The van der Waals surface area contributed by atoms with Crippen LogP contribution in [0.1, 0.15) is 11.6 Å². The number of nitrogens with two attached hydrogens (primary N) is 1. The van der Waals surface area contributed by atoms with Gasteiger partial charge in [-0.25, -0.2) is 0 Å². The molecule has 0 unspecified atom stereocenters. The molecular formula is C12H17BrN2O2. The fraction of sp³-hybridized carbons (Fsp3) is 0.500. The Morgan fingerprint density at radius 2 is 2.12 bits per heavy atom. The fourth-order valence-electron chi connectivity index (χ4n) is 1.92. The molecule has 0 spiro atoms. The molecule has 1 atom stereocenters. The van der Waals surface area contributed by atoms with Gasteiger partial charge in [-0.15, -0.1) is 0 Å². The number of aliphatic hydroxyl groups is 1. The Morgan fingerprint density at radius 1 is 1.41 bits per heavy atom. The monoisotopic (exact) mass is 300 g/mol. The summed E-state index contributed by atoms with van der Waals surface area (Å²) in [5.41, 5.74) is 7.88. The Bertz CT molecular complexity index is 381. The number of ether oxygens (including phenoxy) is 1. The van der Waals surface area contributed by atoms with Gasteiger partial charge in [0, 0.05) is 17.6 Å². The van der Waals surface area contributed by atoms with Crippen LogP contribution < -0.4 is 10.6 Å². The number of morpholine rings is 1. The van der Waals surface area contributed by atoms with E-state index in [1.165, 1.54) is 0 Å². The van der Waals surface area contributed by atoms with Gasteiger partial charge in [0.05, 0.1) is 31.5 Å². The molecule has 1 aliphatic rings.